The first kappa shape index (κ1) is 19.5. The van der Waals surface area contributed by atoms with E-state index >= 15 is 0 Å². The Morgan fingerprint density at radius 3 is 2.48 bits per heavy atom. The van der Waals surface area contributed by atoms with Crippen molar-refractivity contribution in [2.24, 2.45) is 0 Å². The van der Waals surface area contributed by atoms with Gasteiger partial charge >= 0.3 is 6.18 Å². The van der Waals surface area contributed by atoms with Gasteiger partial charge in [-0.05, 0) is 31.0 Å². The average Bonchev–Trinajstić information content (AvgIpc) is 2.96. The molecule has 1 aromatic heterocycles. The first-order valence-electron chi connectivity index (χ1n) is 7.85. The molecule has 0 fully saturated rings. The number of carbonyl (C=O) groups excluding carboxylic acids is 1. The van der Waals surface area contributed by atoms with Gasteiger partial charge in [-0.3, -0.25) is 4.79 Å². The maximum atomic E-state index is 12.3. The molecule has 0 unspecified atom stereocenters. The first-order valence-corrected chi connectivity index (χ1v) is 8.66. The van der Waals surface area contributed by atoms with Crippen molar-refractivity contribution in [3.8, 4) is 0 Å². The van der Waals surface area contributed by atoms with Crippen LogP contribution >= 0.6 is 11.3 Å². The summed E-state index contributed by atoms with van der Waals surface area (Å²) in [6.07, 6.45) is -3.80. The van der Waals surface area contributed by atoms with Crippen LogP contribution in [0.4, 0.5) is 13.2 Å². The minimum atomic E-state index is -4.43. The third-order valence-corrected chi connectivity index (χ3v) is 4.49. The van der Waals surface area contributed by atoms with Crippen LogP contribution < -0.4 is 0 Å². The minimum Gasteiger partial charge on any atom is -0.362 e. The summed E-state index contributed by atoms with van der Waals surface area (Å²) < 4.78 is 41.1. The fraction of sp³-hybridized carbons (Fsp3) is 0.389. The molecule has 0 atom stereocenters. The molecule has 0 saturated carbocycles. The van der Waals surface area contributed by atoms with Gasteiger partial charge in [0, 0.05) is 16.3 Å². The highest BCUT2D eigenvalue weighted by Crippen LogP contribution is 2.18. The molecule has 0 aliphatic heterocycles. The first-order chi connectivity index (χ1) is 11.8. The molecule has 2 rings (SSSR count). The van der Waals surface area contributed by atoms with Crippen LogP contribution in [0.3, 0.4) is 0 Å². The number of amides is 1. The Labute approximate surface area is 149 Å². The van der Waals surface area contributed by atoms with Gasteiger partial charge < -0.3 is 9.64 Å². The SMILES string of the molecule is Cc1ccc(CN(CCc2ccccc2)C(=O)COCC(F)(F)F)s1. The Kier molecular flexibility index (Phi) is 7.01. The molecule has 7 heteroatoms. The Balaban J connectivity index is 1.96. The zero-order chi connectivity index (χ0) is 18.3. The summed E-state index contributed by atoms with van der Waals surface area (Å²) in [7, 11) is 0. The minimum absolute atomic E-state index is 0.375. The van der Waals surface area contributed by atoms with Gasteiger partial charge in [0.25, 0.3) is 0 Å². The Bertz CT molecular complexity index is 670. The monoisotopic (exact) mass is 371 g/mol. The maximum absolute atomic E-state index is 12.3. The molecule has 1 heterocycles. The number of rotatable bonds is 8. The van der Waals surface area contributed by atoms with E-state index in [0.29, 0.717) is 19.5 Å². The summed E-state index contributed by atoms with van der Waals surface area (Å²) in [5, 5.41) is 0. The smallest absolute Gasteiger partial charge is 0.362 e. The van der Waals surface area contributed by atoms with Crippen LogP contribution in [-0.2, 0) is 22.5 Å². The van der Waals surface area contributed by atoms with Gasteiger partial charge in [-0.1, -0.05) is 30.3 Å². The van der Waals surface area contributed by atoms with Crippen molar-refractivity contribution in [2.45, 2.75) is 26.1 Å². The Morgan fingerprint density at radius 2 is 1.88 bits per heavy atom. The van der Waals surface area contributed by atoms with Gasteiger partial charge in [-0.2, -0.15) is 13.2 Å². The highest BCUT2D eigenvalue weighted by Gasteiger charge is 2.28. The summed E-state index contributed by atoms with van der Waals surface area (Å²) >= 11 is 1.57. The van der Waals surface area contributed by atoms with Crippen LogP contribution in [0.5, 0.6) is 0 Å². The van der Waals surface area contributed by atoms with Crippen LogP contribution in [0, 0.1) is 6.92 Å². The molecule has 3 nitrogen and oxygen atoms in total. The molecular weight excluding hydrogens is 351 g/mol. The van der Waals surface area contributed by atoms with Gasteiger partial charge in [-0.25, -0.2) is 0 Å². The fourth-order valence-electron chi connectivity index (χ4n) is 2.30. The van der Waals surface area contributed by atoms with Gasteiger partial charge in [0.15, 0.2) is 0 Å². The molecular formula is C18H20F3NO2S. The topological polar surface area (TPSA) is 29.5 Å². The average molecular weight is 371 g/mol. The quantitative estimate of drug-likeness (QED) is 0.696. The van der Waals surface area contributed by atoms with Crippen molar-refractivity contribution in [1.82, 2.24) is 4.90 Å². The van der Waals surface area contributed by atoms with E-state index in [1.807, 2.05) is 49.4 Å². The highest BCUT2D eigenvalue weighted by atomic mass is 32.1. The second-order valence-electron chi connectivity index (χ2n) is 5.67. The number of ether oxygens (including phenoxy) is 1. The van der Waals surface area contributed by atoms with Gasteiger partial charge in [0.1, 0.15) is 13.2 Å². The predicted octanol–water partition coefficient (Wildman–Crippen LogP) is 4.21. The molecule has 25 heavy (non-hydrogen) atoms. The highest BCUT2D eigenvalue weighted by molar-refractivity contribution is 7.11. The summed E-state index contributed by atoms with van der Waals surface area (Å²) in [5.74, 6) is -0.439. The zero-order valence-electron chi connectivity index (χ0n) is 13.9. The zero-order valence-corrected chi connectivity index (χ0v) is 14.7. The number of carbonyl (C=O) groups is 1. The predicted molar refractivity (Wildman–Crippen MR) is 91.5 cm³/mol. The number of halogens is 3. The number of hydrogen-bond donors (Lipinski definition) is 0. The fourth-order valence-corrected chi connectivity index (χ4v) is 3.21. The van der Waals surface area contributed by atoms with Crippen LogP contribution in [0.2, 0.25) is 0 Å². The second-order valence-corrected chi connectivity index (χ2v) is 7.04. The number of hydrogen-bond acceptors (Lipinski definition) is 3. The summed E-state index contributed by atoms with van der Waals surface area (Å²) in [5.41, 5.74) is 1.07. The van der Waals surface area contributed by atoms with Crippen LogP contribution in [-0.4, -0.2) is 36.7 Å². The van der Waals surface area contributed by atoms with Crippen LogP contribution in [0.25, 0.3) is 0 Å². The Morgan fingerprint density at radius 1 is 1.16 bits per heavy atom. The number of benzene rings is 1. The summed E-state index contributed by atoms with van der Waals surface area (Å²) in [6.45, 7) is 0.785. The molecule has 0 N–H and O–H groups in total. The number of alkyl halides is 3. The normalized spacial score (nSPS) is 11.5. The van der Waals surface area contributed by atoms with Crippen molar-refractivity contribution < 1.29 is 22.7 Å². The standard InChI is InChI=1S/C18H20F3NO2S/c1-14-7-8-16(25-14)11-22(10-9-15-5-3-2-4-6-15)17(23)12-24-13-18(19,20)21/h2-8H,9-13H2,1H3. The van der Waals surface area contributed by atoms with E-state index in [2.05, 4.69) is 4.74 Å². The third-order valence-electron chi connectivity index (χ3n) is 3.50. The maximum Gasteiger partial charge on any atom is 0.411 e. The molecule has 0 aliphatic rings. The van der Waals surface area contributed by atoms with E-state index in [9.17, 15) is 18.0 Å². The molecule has 0 bridgehead atoms. The van der Waals surface area contributed by atoms with E-state index < -0.39 is 25.3 Å². The number of aryl methyl sites for hydroxylation is 1. The van der Waals surface area contributed by atoms with Gasteiger partial charge in [-0.15, -0.1) is 11.3 Å². The molecule has 1 amide bonds. The van der Waals surface area contributed by atoms with Crippen molar-refractivity contribution in [2.75, 3.05) is 19.8 Å². The van der Waals surface area contributed by atoms with Gasteiger partial charge in [0.2, 0.25) is 5.91 Å². The van der Waals surface area contributed by atoms with Crippen molar-refractivity contribution in [1.29, 1.82) is 0 Å². The molecule has 0 spiro atoms. The lowest BCUT2D eigenvalue weighted by atomic mass is 10.1. The van der Waals surface area contributed by atoms with Crippen LogP contribution in [0.15, 0.2) is 42.5 Å². The Hall–Kier alpha value is -1.86. The molecule has 2 aromatic rings. The second kappa shape index (κ2) is 9.01. The molecule has 136 valence electrons. The lowest BCUT2D eigenvalue weighted by molar-refractivity contribution is -0.178. The molecule has 1 aromatic carbocycles. The van der Waals surface area contributed by atoms with E-state index in [1.54, 1.807) is 16.2 Å². The van der Waals surface area contributed by atoms with Gasteiger partial charge in [0.05, 0.1) is 6.54 Å². The summed E-state index contributed by atoms with van der Waals surface area (Å²) in [6, 6.07) is 13.5. The lowest BCUT2D eigenvalue weighted by Crippen LogP contribution is -2.36. The van der Waals surface area contributed by atoms with E-state index in [-0.39, 0.29) is 0 Å². The number of nitrogens with zero attached hydrogens (tertiary/aromatic N) is 1. The largest absolute Gasteiger partial charge is 0.411 e. The molecule has 0 radical (unpaired) electrons. The lowest BCUT2D eigenvalue weighted by Gasteiger charge is -2.22. The summed E-state index contributed by atoms with van der Waals surface area (Å²) in [4.78, 5) is 16.0. The third kappa shape index (κ3) is 7.27. The molecule has 0 saturated heterocycles. The van der Waals surface area contributed by atoms with E-state index in [4.69, 9.17) is 0 Å². The van der Waals surface area contributed by atoms with Crippen molar-refractivity contribution in [3.63, 3.8) is 0 Å². The van der Waals surface area contributed by atoms with Crippen molar-refractivity contribution >= 4 is 17.2 Å². The van der Waals surface area contributed by atoms with E-state index in [1.165, 1.54) is 0 Å². The van der Waals surface area contributed by atoms with Crippen LogP contribution in [0.1, 0.15) is 15.3 Å². The van der Waals surface area contributed by atoms with E-state index in [0.717, 1.165) is 15.3 Å². The number of thiophene rings is 1. The van der Waals surface area contributed by atoms with Crippen molar-refractivity contribution in [3.05, 3.63) is 57.8 Å². The molecule has 0 aliphatic carbocycles.